The second-order valence-electron chi connectivity index (χ2n) is 3.12. The third-order valence-electron chi connectivity index (χ3n) is 2.11. The average molecular weight is 138 g/mol. The van der Waals surface area contributed by atoms with Gasteiger partial charge in [0.15, 0.2) is 0 Å². The Kier molecular flexibility index (Phi) is 2.29. The summed E-state index contributed by atoms with van der Waals surface area (Å²) in [4.78, 5) is 2.26. The van der Waals surface area contributed by atoms with E-state index < -0.39 is 0 Å². The summed E-state index contributed by atoms with van der Waals surface area (Å²) in [5, 5.41) is 8.69. The van der Waals surface area contributed by atoms with Crippen molar-refractivity contribution < 1.29 is 0 Å². The van der Waals surface area contributed by atoms with Gasteiger partial charge in [-0.3, -0.25) is 4.90 Å². The molecule has 56 valence electrons. The number of hydrogen-bond donors (Lipinski definition) is 0. The molecule has 0 radical (unpaired) electrons. The summed E-state index contributed by atoms with van der Waals surface area (Å²) < 4.78 is 0. The molecule has 2 nitrogen and oxygen atoms in total. The standard InChI is InChI=1S/C8H14N2/c1-7(2)10-5-3-4-8(10)6-9/h7-8H,3-5H2,1-2H3/t8-/m0/s1. The van der Waals surface area contributed by atoms with Gasteiger partial charge in [-0.2, -0.15) is 5.26 Å². The van der Waals surface area contributed by atoms with Gasteiger partial charge in [0.05, 0.1) is 12.1 Å². The zero-order chi connectivity index (χ0) is 7.56. The van der Waals surface area contributed by atoms with E-state index in [1.807, 2.05) is 0 Å². The quantitative estimate of drug-likeness (QED) is 0.547. The predicted octanol–water partition coefficient (Wildman–Crippen LogP) is 1.38. The first kappa shape index (κ1) is 7.56. The lowest BCUT2D eigenvalue weighted by atomic mass is 10.2. The maximum Gasteiger partial charge on any atom is 0.0980 e. The molecule has 0 aliphatic carbocycles. The zero-order valence-corrected chi connectivity index (χ0v) is 6.67. The van der Waals surface area contributed by atoms with Crippen LogP contribution < -0.4 is 0 Å². The Hall–Kier alpha value is -0.550. The van der Waals surface area contributed by atoms with Gasteiger partial charge in [-0.15, -0.1) is 0 Å². The van der Waals surface area contributed by atoms with E-state index in [9.17, 15) is 0 Å². The third-order valence-corrected chi connectivity index (χ3v) is 2.11. The predicted molar refractivity (Wildman–Crippen MR) is 40.5 cm³/mol. The number of hydrogen-bond acceptors (Lipinski definition) is 2. The van der Waals surface area contributed by atoms with Gasteiger partial charge in [0.25, 0.3) is 0 Å². The monoisotopic (exact) mass is 138 g/mol. The average Bonchev–Trinajstić information content (AvgIpc) is 2.33. The first-order valence-corrected chi connectivity index (χ1v) is 3.91. The van der Waals surface area contributed by atoms with Crippen LogP contribution in [0.3, 0.4) is 0 Å². The Bertz CT molecular complexity index is 146. The summed E-state index contributed by atoms with van der Waals surface area (Å²) in [5.41, 5.74) is 0. The SMILES string of the molecule is CC(C)N1CCC[C@H]1C#N. The number of nitriles is 1. The van der Waals surface area contributed by atoms with E-state index in [-0.39, 0.29) is 6.04 Å². The van der Waals surface area contributed by atoms with Gasteiger partial charge >= 0.3 is 0 Å². The fourth-order valence-electron chi connectivity index (χ4n) is 1.55. The summed E-state index contributed by atoms with van der Waals surface area (Å²) in [6.07, 6.45) is 2.26. The number of nitrogens with zero attached hydrogens (tertiary/aromatic N) is 2. The minimum atomic E-state index is 0.194. The summed E-state index contributed by atoms with van der Waals surface area (Å²) >= 11 is 0. The van der Waals surface area contributed by atoms with Crippen LogP contribution in [0.4, 0.5) is 0 Å². The van der Waals surface area contributed by atoms with E-state index in [1.54, 1.807) is 0 Å². The number of likely N-dealkylation sites (tertiary alicyclic amines) is 1. The molecule has 1 saturated heterocycles. The molecule has 1 fully saturated rings. The fourth-order valence-corrected chi connectivity index (χ4v) is 1.55. The smallest absolute Gasteiger partial charge is 0.0980 e. The summed E-state index contributed by atoms with van der Waals surface area (Å²) in [7, 11) is 0. The highest BCUT2D eigenvalue weighted by Gasteiger charge is 2.25. The first-order chi connectivity index (χ1) is 4.75. The minimum Gasteiger partial charge on any atom is -0.286 e. The molecule has 0 aromatic rings. The molecule has 1 atom stereocenters. The van der Waals surface area contributed by atoms with Crippen LogP contribution in [-0.4, -0.2) is 23.5 Å². The summed E-state index contributed by atoms with van der Waals surface area (Å²) in [5.74, 6) is 0. The van der Waals surface area contributed by atoms with E-state index in [1.165, 1.54) is 6.42 Å². The normalized spacial score (nSPS) is 27.2. The molecule has 1 rings (SSSR count). The Morgan fingerprint density at radius 3 is 2.70 bits per heavy atom. The van der Waals surface area contributed by atoms with Crippen molar-refractivity contribution in [1.82, 2.24) is 4.90 Å². The van der Waals surface area contributed by atoms with Crippen molar-refractivity contribution in [3.63, 3.8) is 0 Å². The van der Waals surface area contributed by atoms with Crippen LogP contribution in [0.2, 0.25) is 0 Å². The van der Waals surface area contributed by atoms with Crippen LogP contribution in [0.1, 0.15) is 26.7 Å². The number of rotatable bonds is 1. The van der Waals surface area contributed by atoms with Crippen LogP contribution in [0.5, 0.6) is 0 Å². The second-order valence-corrected chi connectivity index (χ2v) is 3.12. The second kappa shape index (κ2) is 3.03. The van der Waals surface area contributed by atoms with E-state index in [0.29, 0.717) is 6.04 Å². The molecule has 0 aromatic carbocycles. The third kappa shape index (κ3) is 1.30. The highest BCUT2D eigenvalue weighted by atomic mass is 15.2. The topological polar surface area (TPSA) is 27.0 Å². The minimum absolute atomic E-state index is 0.194. The van der Waals surface area contributed by atoms with Gasteiger partial charge in [-0.05, 0) is 33.2 Å². The molecule has 1 heterocycles. The first-order valence-electron chi connectivity index (χ1n) is 3.91. The molecular weight excluding hydrogens is 124 g/mol. The van der Waals surface area contributed by atoms with Crippen molar-refractivity contribution in [2.75, 3.05) is 6.54 Å². The van der Waals surface area contributed by atoms with Gasteiger partial charge in [-0.25, -0.2) is 0 Å². The Labute approximate surface area is 62.4 Å². The van der Waals surface area contributed by atoms with E-state index in [0.717, 1.165) is 13.0 Å². The highest BCUT2D eigenvalue weighted by molar-refractivity contribution is 4.96. The van der Waals surface area contributed by atoms with Crippen LogP contribution >= 0.6 is 0 Å². The van der Waals surface area contributed by atoms with Crippen molar-refractivity contribution >= 4 is 0 Å². The van der Waals surface area contributed by atoms with Crippen molar-refractivity contribution in [3.05, 3.63) is 0 Å². The summed E-state index contributed by atoms with van der Waals surface area (Å²) in [6.45, 7) is 5.40. The van der Waals surface area contributed by atoms with Gasteiger partial charge in [0, 0.05) is 6.04 Å². The molecule has 0 amide bonds. The highest BCUT2D eigenvalue weighted by Crippen LogP contribution is 2.18. The fraction of sp³-hybridized carbons (Fsp3) is 0.875. The van der Waals surface area contributed by atoms with Crippen LogP contribution in [-0.2, 0) is 0 Å². The maximum absolute atomic E-state index is 8.69. The molecule has 0 saturated carbocycles. The van der Waals surface area contributed by atoms with E-state index in [2.05, 4.69) is 24.8 Å². The molecule has 0 aromatic heterocycles. The van der Waals surface area contributed by atoms with Crippen LogP contribution in [0, 0.1) is 11.3 Å². The van der Waals surface area contributed by atoms with Crippen LogP contribution in [0.15, 0.2) is 0 Å². The molecule has 0 spiro atoms. The van der Waals surface area contributed by atoms with Gasteiger partial charge in [0.2, 0.25) is 0 Å². The summed E-state index contributed by atoms with van der Waals surface area (Å²) in [6, 6.07) is 3.05. The van der Waals surface area contributed by atoms with E-state index in [4.69, 9.17) is 5.26 Å². The Balaban J connectivity index is 2.52. The molecule has 0 N–H and O–H groups in total. The van der Waals surface area contributed by atoms with Crippen molar-refractivity contribution in [1.29, 1.82) is 5.26 Å². The molecule has 2 heteroatoms. The lowest BCUT2D eigenvalue weighted by molar-refractivity contribution is 0.238. The Morgan fingerprint density at radius 2 is 2.30 bits per heavy atom. The lowest BCUT2D eigenvalue weighted by Crippen LogP contribution is -2.34. The maximum atomic E-state index is 8.69. The molecule has 10 heavy (non-hydrogen) atoms. The van der Waals surface area contributed by atoms with Crippen molar-refractivity contribution in [3.8, 4) is 6.07 Å². The molecule has 1 aliphatic heterocycles. The molecule has 0 bridgehead atoms. The van der Waals surface area contributed by atoms with Gasteiger partial charge < -0.3 is 0 Å². The van der Waals surface area contributed by atoms with Gasteiger partial charge in [-0.1, -0.05) is 0 Å². The van der Waals surface area contributed by atoms with Crippen molar-refractivity contribution in [2.24, 2.45) is 0 Å². The van der Waals surface area contributed by atoms with E-state index >= 15 is 0 Å². The largest absolute Gasteiger partial charge is 0.286 e. The van der Waals surface area contributed by atoms with Gasteiger partial charge in [0.1, 0.15) is 0 Å². The zero-order valence-electron chi connectivity index (χ0n) is 6.67. The Morgan fingerprint density at radius 1 is 1.60 bits per heavy atom. The molecule has 0 unspecified atom stereocenters. The molecular formula is C8H14N2. The lowest BCUT2D eigenvalue weighted by Gasteiger charge is -2.22. The van der Waals surface area contributed by atoms with Crippen LogP contribution in [0.25, 0.3) is 0 Å². The molecule has 1 aliphatic rings. The van der Waals surface area contributed by atoms with Crippen molar-refractivity contribution in [2.45, 2.75) is 38.8 Å².